The molecule has 0 radical (unpaired) electrons. The summed E-state index contributed by atoms with van der Waals surface area (Å²) in [6.07, 6.45) is -0.220. The van der Waals surface area contributed by atoms with Gasteiger partial charge in [0.1, 0.15) is 0 Å². The zero-order valence-corrected chi connectivity index (χ0v) is 16.8. The number of nitrogens with one attached hydrogen (secondary N) is 1. The molecule has 130 valence electrons. The number of amides is 1. The lowest BCUT2D eigenvalue weighted by molar-refractivity contribution is 0.0914. The first-order chi connectivity index (χ1) is 10.7. The molecule has 0 unspecified atom stereocenters. The summed E-state index contributed by atoms with van der Waals surface area (Å²) in [4.78, 5) is 20.4. The standard InChI is InChI=1S/C15H24N4O2S.HI/c1-3-16-14(17-11-13-5-10-22-12-13)18-6-8-19(9-7-18)15(20)21-4-2;/h5,10,12H,3-4,6-9,11H2,1-2H3,(H,16,17);1H. The second kappa shape index (κ2) is 10.7. The summed E-state index contributed by atoms with van der Waals surface area (Å²) in [6.45, 7) is 8.71. The van der Waals surface area contributed by atoms with Gasteiger partial charge in [-0.1, -0.05) is 0 Å². The van der Waals surface area contributed by atoms with Crippen molar-refractivity contribution in [2.24, 2.45) is 4.99 Å². The van der Waals surface area contributed by atoms with Crippen LogP contribution in [0.5, 0.6) is 0 Å². The zero-order chi connectivity index (χ0) is 15.8. The number of carbonyl (C=O) groups is 1. The Balaban J connectivity index is 0.00000264. The highest BCUT2D eigenvalue weighted by atomic mass is 127. The second-order valence-corrected chi connectivity index (χ2v) is 5.75. The lowest BCUT2D eigenvalue weighted by Crippen LogP contribution is -2.53. The number of piperazine rings is 1. The van der Waals surface area contributed by atoms with E-state index in [1.807, 2.05) is 6.92 Å². The first kappa shape index (κ1) is 20.0. The maximum atomic E-state index is 11.7. The molecule has 0 aromatic carbocycles. The third kappa shape index (κ3) is 6.17. The first-order valence-electron chi connectivity index (χ1n) is 7.70. The monoisotopic (exact) mass is 452 g/mol. The zero-order valence-electron chi connectivity index (χ0n) is 13.7. The molecule has 0 saturated carbocycles. The molecule has 1 aromatic rings. The number of aliphatic imine (C=N–C) groups is 1. The third-order valence-corrected chi connectivity index (χ3v) is 4.16. The number of nitrogens with zero attached hydrogens (tertiary/aromatic N) is 3. The number of hydrogen-bond acceptors (Lipinski definition) is 4. The van der Waals surface area contributed by atoms with Crippen LogP contribution in [0.25, 0.3) is 0 Å². The fraction of sp³-hybridized carbons (Fsp3) is 0.600. The van der Waals surface area contributed by atoms with Crippen LogP contribution in [0.4, 0.5) is 4.79 Å². The summed E-state index contributed by atoms with van der Waals surface area (Å²) in [5, 5.41) is 7.51. The maximum Gasteiger partial charge on any atom is 0.409 e. The molecular formula is C15H25IN4O2S. The highest BCUT2D eigenvalue weighted by molar-refractivity contribution is 14.0. The van der Waals surface area contributed by atoms with Gasteiger partial charge in [0, 0.05) is 32.7 Å². The van der Waals surface area contributed by atoms with Gasteiger partial charge in [0.25, 0.3) is 0 Å². The summed E-state index contributed by atoms with van der Waals surface area (Å²) in [7, 11) is 0. The predicted octanol–water partition coefficient (Wildman–Crippen LogP) is 2.61. The third-order valence-electron chi connectivity index (χ3n) is 3.43. The Bertz CT molecular complexity index is 488. The largest absolute Gasteiger partial charge is 0.450 e. The van der Waals surface area contributed by atoms with Crippen LogP contribution >= 0.6 is 35.3 Å². The van der Waals surface area contributed by atoms with Gasteiger partial charge in [-0.3, -0.25) is 0 Å². The van der Waals surface area contributed by atoms with Crippen molar-refractivity contribution in [2.45, 2.75) is 20.4 Å². The molecule has 1 fully saturated rings. The average Bonchev–Trinajstić information content (AvgIpc) is 3.05. The van der Waals surface area contributed by atoms with Gasteiger partial charge < -0.3 is 19.9 Å². The fourth-order valence-electron chi connectivity index (χ4n) is 2.29. The van der Waals surface area contributed by atoms with Crippen molar-refractivity contribution in [3.8, 4) is 0 Å². The highest BCUT2D eigenvalue weighted by Crippen LogP contribution is 2.09. The van der Waals surface area contributed by atoms with E-state index in [1.165, 1.54) is 5.56 Å². The van der Waals surface area contributed by atoms with Gasteiger partial charge in [0.2, 0.25) is 0 Å². The van der Waals surface area contributed by atoms with Crippen LogP contribution in [0.2, 0.25) is 0 Å². The van der Waals surface area contributed by atoms with E-state index in [0.717, 1.165) is 25.6 Å². The molecule has 6 nitrogen and oxygen atoms in total. The summed E-state index contributed by atoms with van der Waals surface area (Å²) >= 11 is 1.69. The Kier molecular flexibility index (Phi) is 9.30. The molecule has 0 spiro atoms. The number of halogens is 1. The van der Waals surface area contributed by atoms with E-state index in [2.05, 4.69) is 39.0 Å². The number of hydrogen-bond donors (Lipinski definition) is 1. The first-order valence-corrected chi connectivity index (χ1v) is 8.65. The van der Waals surface area contributed by atoms with Crippen LogP contribution in [0, 0.1) is 0 Å². The van der Waals surface area contributed by atoms with E-state index >= 15 is 0 Å². The minimum Gasteiger partial charge on any atom is -0.450 e. The minimum absolute atomic E-state index is 0. The van der Waals surface area contributed by atoms with E-state index in [9.17, 15) is 4.79 Å². The van der Waals surface area contributed by atoms with E-state index in [0.29, 0.717) is 26.2 Å². The van der Waals surface area contributed by atoms with E-state index in [-0.39, 0.29) is 30.1 Å². The molecule has 23 heavy (non-hydrogen) atoms. The van der Waals surface area contributed by atoms with Gasteiger partial charge in [-0.2, -0.15) is 11.3 Å². The van der Waals surface area contributed by atoms with Gasteiger partial charge in [0.05, 0.1) is 13.2 Å². The van der Waals surface area contributed by atoms with Crippen LogP contribution < -0.4 is 5.32 Å². The van der Waals surface area contributed by atoms with Crippen molar-refractivity contribution in [1.82, 2.24) is 15.1 Å². The topological polar surface area (TPSA) is 57.2 Å². The molecule has 8 heteroatoms. The molecule has 1 aromatic heterocycles. The highest BCUT2D eigenvalue weighted by Gasteiger charge is 2.23. The summed E-state index contributed by atoms with van der Waals surface area (Å²) in [6, 6.07) is 2.09. The summed E-state index contributed by atoms with van der Waals surface area (Å²) in [5.41, 5.74) is 1.23. The molecule has 2 rings (SSSR count). The number of guanidine groups is 1. The molecule has 0 aliphatic carbocycles. The van der Waals surface area contributed by atoms with E-state index in [1.54, 1.807) is 16.2 Å². The molecule has 1 saturated heterocycles. The van der Waals surface area contributed by atoms with Crippen molar-refractivity contribution in [1.29, 1.82) is 0 Å². The van der Waals surface area contributed by atoms with Gasteiger partial charge in [0.15, 0.2) is 5.96 Å². The Morgan fingerprint density at radius 3 is 2.57 bits per heavy atom. The van der Waals surface area contributed by atoms with Crippen LogP contribution in [0.3, 0.4) is 0 Å². The van der Waals surface area contributed by atoms with Crippen LogP contribution in [-0.4, -0.2) is 61.2 Å². The molecule has 1 N–H and O–H groups in total. The lowest BCUT2D eigenvalue weighted by atomic mass is 10.3. The van der Waals surface area contributed by atoms with Crippen molar-refractivity contribution in [3.05, 3.63) is 22.4 Å². The van der Waals surface area contributed by atoms with Gasteiger partial charge in [-0.25, -0.2) is 9.79 Å². The molecule has 0 bridgehead atoms. The SMILES string of the molecule is CCNC(=NCc1ccsc1)N1CCN(C(=O)OCC)CC1.I. The van der Waals surface area contributed by atoms with E-state index < -0.39 is 0 Å². The molecule has 1 aliphatic rings. The lowest BCUT2D eigenvalue weighted by Gasteiger charge is -2.35. The number of ether oxygens (including phenoxy) is 1. The van der Waals surface area contributed by atoms with Gasteiger partial charge >= 0.3 is 6.09 Å². The second-order valence-electron chi connectivity index (χ2n) is 4.97. The van der Waals surface area contributed by atoms with Crippen molar-refractivity contribution in [3.63, 3.8) is 0 Å². The van der Waals surface area contributed by atoms with Crippen LogP contribution in [0.1, 0.15) is 19.4 Å². The molecular weight excluding hydrogens is 427 g/mol. The average molecular weight is 452 g/mol. The summed E-state index contributed by atoms with van der Waals surface area (Å²) in [5.74, 6) is 0.914. The molecule has 1 aliphatic heterocycles. The molecule has 1 amide bonds. The maximum absolute atomic E-state index is 11.7. The van der Waals surface area contributed by atoms with Crippen molar-refractivity contribution < 1.29 is 9.53 Å². The molecule has 0 atom stereocenters. The Morgan fingerprint density at radius 2 is 2.00 bits per heavy atom. The van der Waals surface area contributed by atoms with Crippen LogP contribution in [-0.2, 0) is 11.3 Å². The number of carbonyl (C=O) groups excluding carboxylic acids is 1. The fourth-order valence-corrected chi connectivity index (χ4v) is 2.95. The van der Waals surface area contributed by atoms with Crippen molar-refractivity contribution >= 4 is 47.4 Å². The summed E-state index contributed by atoms with van der Waals surface area (Å²) < 4.78 is 5.04. The van der Waals surface area contributed by atoms with Gasteiger partial charge in [-0.15, -0.1) is 24.0 Å². The van der Waals surface area contributed by atoms with E-state index in [4.69, 9.17) is 4.74 Å². The smallest absolute Gasteiger partial charge is 0.409 e. The van der Waals surface area contributed by atoms with Crippen LogP contribution in [0.15, 0.2) is 21.8 Å². The molecule has 2 heterocycles. The van der Waals surface area contributed by atoms with Gasteiger partial charge in [-0.05, 0) is 36.2 Å². The number of rotatable bonds is 4. The Hall–Kier alpha value is -1.03. The Labute approximate surface area is 158 Å². The van der Waals surface area contributed by atoms with Crippen molar-refractivity contribution in [2.75, 3.05) is 39.3 Å². The quantitative estimate of drug-likeness (QED) is 0.434. The Morgan fingerprint density at radius 1 is 1.30 bits per heavy atom. The normalized spacial score (nSPS) is 15.1. The minimum atomic E-state index is -0.220. The predicted molar refractivity (Wildman–Crippen MR) is 105 cm³/mol. The number of thiophene rings is 1.